The second-order valence-electron chi connectivity index (χ2n) is 3.75. The summed E-state index contributed by atoms with van der Waals surface area (Å²) >= 11 is 0. The van der Waals surface area contributed by atoms with Crippen LogP contribution in [0.15, 0.2) is 18.2 Å². The van der Waals surface area contributed by atoms with E-state index in [9.17, 15) is 0 Å². The smallest absolute Gasteiger partial charge is 0.0661 e. The maximum atomic E-state index is 5.08. The number of hydrogen-bond acceptors (Lipinski definition) is 2. The Morgan fingerprint density at radius 1 is 1.36 bits per heavy atom. The first-order chi connectivity index (χ1) is 6.65. The third-order valence-electron chi connectivity index (χ3n) is 2.42. The number of aryl methyl sites for hydroxylation is 1. The first-order valence-electron chi connectivity index (χ1n) is 4.97. The third-order valence-corrected chi connectivity index (χ3v) is 2.42. The van der Waals surface area contributed by atoms with Crippen molar-refractivity contribution >= 4 is 5.69 Å². The highest BCUT2D eigenvalue weighted by atomic mass is 16.5. The van der Waals surface area contributed by atoms with Crippen molar-refractivity contribution in [3.8, 4) is 0 Å². The summed E-state index contributed by atoms with van der Waals surface area (Å²) < 4.78 is 5.08. The van der Waals surface area contributed by atoms with E-state index in [0.717, 1.165) is 6.61 Å². The van der Waals surface area contributed by atoms with E-state index in [4.69, 9.17) is 4.74 Å². The Labute approximate surface area is 86.3 Å². The van der Waals surface area contributed by atoms with Crippen LogP contribution in [0.25, 0.3) is 0 Å². The van der Waals surface area contributed by atoms with Crippen LogP contribution >= 0.6 is 0 Å². The Bertz CT molecular complexity index is 296. The molecule has 0 aliphatic rings. The molecule has 0 radical (unpaired) electrons. The molecule has 1 rings (SSSR count). The maximum absolute atomic E-state index is 5.08. The molecular formula is C12H19NO. The van der Waals surface area contributed by atoms with Crippen molar-refractivity contribution < 1.29 is 4.74 Å². The van der Waals surface area contributed by atoms with Gasteiger partial charge in [-0.25, -0.2) is 0 Å². The molecule has 0 aromatic heterocycles. The minimum absolute atomic E-state index is 0.348. The Morgan fingerprint density at radius 3 is 2.71 bits per heavy atom. The predicted molar refractivity (Wildman–Crippen MR) is 60.9 cm³/mol. The van der Waals surface area contributed by atoms with Crippen LogP contribution in [0.1, 0.15) is 18.1 Å². The van der Waals surface area contributed by atoms with Gasteiger partial charge in [0.15, 0.2) is 0 Å². The summed E-state index contributed by atoms with van der Waals surface area (Å²) in [6, 6.07) is 6.65. The highest BCUT2D eigenvalue weighted by Gasteiger charge is 2.04. The first-order valence-corrected chi connectivity index (χ1v) is 4.97. The molecular weight excluding hydrogens is 174 g/mol. The molecule has 0 spiro atoms. The van der Waals surface area contributed by atoms with Crippen LogP contribution in [0.3, 0.4) is 0 Å². The van der Waals surface area contributed by atoms with Crippen LogP contribution in [-0.4, -0.2) is 19.8 Å². The number of nitrogens with one attached hydrogen (secondary N) is 1. The van der Waals surface area contributed by atoms with Gasteiger partial charge in [-0.05, 0) is 38.0 Å². The summed E-state index contributed by atoms with van der Waals surface area (Å²) in [5, 5.41) is 3.43. The topological polar surface area (TPSA) is 21.3 Å². The lowest BCUT2D eigenvalue weighted by Gasteiger charge is -2.17. The monoisotopic (exact) mass is 193 g/mol. The van der Waals surface area contributed by atoms with E-state index < -0.39 is 0 Å². The van der Waals surface area contributed by atoms with Crippen molar-refractivity contribution in [3.63, 3.8) is 0 Å². The van der Waals surface area contributed by atoms with Gasteiger partial charge in [0.05, 0.1) is 6.61 Å². The summed E-state index contributed by atoms with van der Waals surface area (Å²) in [5.74, 6) is 0. The molecule has 0 fully saturated rings. The van der Waals surface area contributed by atoms with Gasteiger partial charge >= 0.3 is 0 Å². The molecule has 1 unspecified atom stereocenters. The molecule has 0 aliphatic carbocycles. The Morgan fingerprint density at radius 2 is 2.07 bits per heavy atom. The van der Waals surface area contributed by atoms with Crippen molar-refractivity contribution in [3.05, 3.63) is 29.3 Å². The maximum Gasteiger partial charge on any atom is 0.0661 e. The molecule has 14 heavy (non-hydrogen) atoms. The molecule has 0 saturated heterocycles. The van der Waals surface area contributed by atoms with Crippen molar-refractivity contribution in [1.29, 1.82) is 0 Å². The standard InChI is InChI=1S/C12H19NO/c1-9-6-5-7-12(11(9)3)13-10(2)8-14-4/h5-7,10,13H,8H2,1-4H3. The molecule has 0 aliphatic heterocycles. The highest BCUT2D eigenvalue weighted by Crippen LogP contribution is 2.18. The molecule has 1 atom stereocenters. The molecule has 0 heterocycles. The van der Waals surface area contributed by atoms with Gasteiger partial charge in [0.1, 0.15) is 0 Å². The van der Waals surface area contributed by atoms with Gasteiger partial charge in [-0.1, -0.05) is 12.1 Å². The van der Waals surface area contributed by atoms with Crippen LogP contribution in [0.2, 0.25) is 0 Å². The van der Waals surface area contributed by atoms with Gasteiger partial charge in [0.25, 0.3) is 0 Å². The molecule has 0 amide bonds. The van der Waals surface area contributed by atoms with Gasteiger partial charge < -0.3 is 10.1 Å². The molecule has 1 aromatic carbocycles. The second kappa shape index (κ2) is 5.01. The van der Waals surface area contributed by atoms with Gasteiger partial charge in [-0.2, -0.15) is 0 Å². The lowest BCUT2D eigenvalue weighted by Crippen LogP contribution is -2.21. The summed E-state index contributed by atoms with van der Waals surface area (Å²) in [7, 11) is 1.72. The van der Waals surface area contributed by atoms with Crippen LogP contribution in [0.4, 0.5) is 5.69 Å². The minimum Gasteiger partial charge on any atom is -0.383 e. The van der Waals surface area contributed by atoms with E-state index in [0.29, 0.717) is 6.04 Å². The zero-order chi connectivity index (χ0) is 10.6. The average molecular weight is 193 g/mol. The highest BCUT2D eigenvalue weighted by molar-refractivity contribution is 5.54. The van der Waals surface area contributed by atoms with Gasteiger partial charge in [0.2, 0.25) is 0 Å². The van der Waals surface area contributed by atoms with Crippen LogP contribution in [0, 0.1) is 13.8 Å². The molecule has 1 N–H and O–H groups in total. The Hall–Kier alpha value is -1.02. The first kappa shape index (κ1) is 11.1. The Balaban J connectivity index is 2.71. The normalized spacial score (nSPS) is 12.6. The summed E-state index contributed by atoms with van der Waals surface area (Å²) in [6.45, 7) is 7.11. The summed E-state index contributed by atoms with van der Waals surface area (Å²) in [4.78, 5) is 0. The fourth-order valence-electron chi connectivity index (χ4n) is 1.46. The van der Waals surface area contributed by atoms with E-state index in [2.05, 4.69) is 44.3 Å². The van der Waals surface area contributed by atoms with Gasteiger partial charge in [-0.3, -0.25) is 0 Å². The van der Waals surface area contributed by atoms with E-state index in [1.807, 2.05) is 0 Å². The summed E-state index contributed by atoms with van der Waals surface area (Å²) in [5.41, 5.74) is 3.84. The van der Waals surface area contributed by atoms with E-state index >= 15 is 0 Å². The molecule has 78 valence electrons. The fraction of sp³-hybridized carbons (Fsp3) is 0.500. The van der Waals surface area contributed by atoms with Crippen LogP contribution < -0.4 is 5.32 Å². The summed E-state index contributed by atoms with van der Waals surface area (Å²) in [6.07, 6.45) is 0. The zero-order valence-corrected chi connectivity index (χ0v) is 9.42. The van der Waals surface area contributed by atoms with Crippen molar-refractivity contribution in [2.75, 3.05) is 19.0 Å². The lowest BCUT2D eigenvalue weighted by atomic mass is 10.1. The van der Waals surface area contributed by atoms with E-state index in [-0.39, 0.29) is 0 Å². The molecule has 0 saturated carbocycles. The second-order valence-corrected chi connectivity index (χ2v) is 3.75. The predicted octanol–water partition coefficient (Wildman–Crippen LogP) is 2.75. The molecule has 2 nitrogen and oxygen atoms in total. The van der Waals surface area contributed by atoms with Crippen molar-refractivity contribution in [2.45, 2.75) is 26.8 Å². The number of ether oxygens (including phenoxy) is 1. The number of rotatable bonds is 4. The largest absolute Gasteiger partial charge is 0.383 e. The SMILES string of the molecule is COCC(C)Nc1cccc(C)c1C. The molecule has 0 bridgehead atoms. The minimum atomic E-state index is 0.348. The number of methoxy groups -OCH3 is 1. The van der Waals surface area contributed by atoms with Gasteiger partial charge in [0, 0.05) is 18.8 Å². The quantitative estimate of drug-likeness (QED) is 0.794. The molecule has 1 aromatic rings. The van der Waals surface area contributed by atoms with Crippen molar-refractivity contribution in [1.82, 2.24) is 0 Å². The fourth-order valence-corrected chi connectivity index (χ4v) is 1.46. The zero-order valence-electron chi connectivity index (χ0n) is 9.42. The van der Waals surface area contributed by atoms with Crippen molar-refractivity contribution in [2.24, 2.45) is 0 Å². The number of hydrogen-bond donors (Lipinski definition) is 1. The van der Waals surface area contributed by atoms with E-state index in [1.54, 1.807) is 7.11 Å². The number of anilines is 1. The van der Waals surface area contributed by atoms with E-state index in [1.165, 1.54) is 16.8 Å². The van der Waals surface area contributed by atoms with Crippen LogP contribution in [0.5, 0.6) is 0 Å². The Kier molecular flexibility index (Phi) is 3.96. The average Bonchev–Trinajstić information content (AvgIpc) is 2.13. The van der Waals surface area contributed by atoms with Gasteiger partial charge in [-0.15, -0.1) is 0 Å². The third kappa shape index (κ3) is 2.74. The van der Waals surface area contributed by atoms with Crippen LogP contribution in [-0.2, 0) is 4.74 Å². The number of benzene rings is 1. The lowest BCUT2D eigenvalue weighted by molar-refractivity contribution is 0.190. The molecule has 2 heteroatoms.